The van der Waals surface area contributed by atoms with Crippen molar-refractivity contribution in [3.05, 3.63) is 55.1 Å². The number of hydrogen-bond donors (Lipinski definition) is 2. The maximum Gasteiger partial charge on any atom is 0.163 e. The van der Waals surface area contributed by atoms with Crippen LogP contribution >= 0.6 is 0 Å². The number of fused-ring (bicyclic) bond motifs is 1. The summed E-state index contributed by atoms with van der Waals surface area (Å²) in [6.07, 6.45) is 13.9. The molecule has 8 heteroatoms. The number of aromatic hydroxyl groups is 1. The standard InChI is InChI=1S/C29H34N6O2/c1-28(2)14-21(15-29(3,4)33-28)34-11-10-23-27(34)30-17-24(32-23)22-9-8-19(13-25(22)36)20-16-31-35(18-20)26-7-5-6-12-37-26/h8-11,13-14,16-18,26,33,36H,5-7,12,15H2,1-4H3. The summed E-state index contributed by atoms with van der Waals surface area (Å²) in [6, 6.07) is 7.63. The number of hydrogen-bond acceptors (Lipinski definition) is 6. The molecule has 2 N–H and O–H groups in total. The van der Waals surface area contributed by atoms with E-state index in [0.29, 0.717) is 11.3 Å². The lowest BCUT2D eigenvalue weighted by Crippen LogP contribution is -2.54. The predicted molar refractivity (Wildman–Crippen MR) is 145 cm³/mol. The number of benzene rings is 1. The van der Waals surface area contributed by atoms with E-state index in [1.54, 1.807) is 12.3 Å². The minimum atomic E-state index is -0.117. The molecule has 192 valence electrons. The zero-order valence-corrected chi connectivity index (χ0v) is 21.9. The maximum atomic E-state index is 10.9. The highest BCUT2D eigenvalue weighted by Crippen LogP contribution is 2.35. The number of nitrogens with one attached hydrogen (secondary N) is 1. The molecule has 0 spiro atoms. The van der Waals surface area contributed by atoms with Gasteiger partial charge in [0.1, 0.15) is 17.5 Å². The summed E-state index contributed by atoms with van der Waals surface area (Å²) in [6.45, 7) is 9.58. The second-order valence-electron chi connectivity index (χ2n) is 11.5. The van der Waals surface area contributed by atoms with Crippen LogP contribution in [0.4, 0.5) is 0 Å². The SMILES string of the molecule is CC1(C)C=C(n2ccc3nc(-c4ccc(-c5cnn(C6CCCCO6)c5)cc4O)cnc32)CC(C)(C)N1. The lowest BCUT2D eigenvalue weighted by molar-refractivity contribution is -0.0394. The van der Waals surface area contributed by atoms with E-state index in [-0.39, 0.29) is 23.1 Å². The van der Waals surface area contributed by atoms with Gasteiger partial charge in [-0.05, 0) is 76.8 Å². The number of phenolic OH excluding ortho intramolecular Hbond substituents is 1. The first-order valence-electron chi connectivity index (χ1n) is 13.0. The molecule has 0 bridgehead atoms. The lowest BCUT2D eigenvalue weighted by Gasteiger charge is -2.41. The fourth-order valence-corrected chi connectivity index (χ4v) is 5.80. The molecule has 0 saturated carbocycles. The van der Waals surface area contributed by atoms with Crippen LogP contribution in [0.25, 0.3) is 39.2 Å². The summed E-state index contributed by atoms with van der Waals surface area (Å²) >= 11 is 0. The minimum absolute atomic E-state index is 0.0116. The van der Waals surface area contributed by atoms with Crippen molar-refractivity contribution in [2.45, 2.75) is 70.7 Å². The highest BCUT2D eigenvalue weighted by atomic mass is 16.5. The Morgan fingerprint density at radius 3 is 2.70 bits per heavy atom. The molecule has 3 aromatic heterocycles. The molecular weight excluding hydrogens is 464 g/mol. The van der Waals surface area contributed by atoms with Crippen LogP contribution in [0, 0.1) is 0 Å². The maximum absolute atomic E-state index is 10.9. The van der Waals surface area contributed by atoms with E-state index in [1.807, 2.05) is 41.5 Å². The lowest BCUT2D eigenvalue weighted by atomic mass is 9.86. The van der Waals surface area contributed by atoms with Gasteiger partial charge in [-0.25, -0.2) is 14.6 Å². The number of aromatic nitrogens is 5. The molecule has 0 amide bonds. The molecule has 5 heterocycles. The van der Waals surface area contributed by atoms with Crippen LogP contribution in [-0.4, -0.2) is 47.1 Å². The smallest absolute Gasteiger partial charge is 0.163 e. The van der Waals surface area contributed by atoms with Crippen LogP contribution in [0.5, 0.6) is 5.75 Å². The molecule has 4 aromatic rings. The molecule has 1 aromatic carbocycles. The molecule has 6 rings (SSSR count). The average Bonchev–Trinajstić information content (AvgIpc) is 3.50. The molecule has 1 unspecified atom stereocenters. The highest BCUT2D eigenvalue weighted by molar-refractivity contribution is 5.81. The van der Waals surface area contributed by atoms with Crippen LogP contribution in [0.2, 0.25) is 0 Å². The van der Waals surface area contributed by atoms with Gasteiger partial charge in [0.15, 0.2) is 5.65 Å². The van der Waals surface area contributed by atoms with Gasteiger partial charge in [0.25, 0.3) is 0 Å². The number of nitrogens with zero attached hydrogens (tertiary/aromatic N) is 5. The third kappa shape index (κ3) is 4.67. The molecular formula is C29H34N6O2. The first-order chi connectivity index (χ1) is 17.7. The monoisotopic (exact) mass is 498 g/mol. The van der Waals surface area contributed by atoms with Crippen LogP contribution in [-0.2, 0) is 4.74 Å². The van der Waals surface area contributed by atoms with E-state index in [2.05, 4.69) is 48.8 Å². The molecule has 1 fully saturated rings. The molecule has 1 atom stereocenters. The van der Waals surface area contributed by atoms with Crippen molar-refractivity contribution in [3.8, 4) is 28.1 Å². The Labute approximate surface area is 217 Å². The zero-order chi connectivity index (χ0) is 25.8. The second-order valence-corrected chi connectivity index (χ2v) is 11.5. The molecule has 2 aliphatic heterocycles. The van der Waals surface area contributed by atoms with Crippen LogP contribution < -0.4 is 5.32 Å². The van der Waals surface area contributed by atoms with Crippen molar-refractivity contribution in [2.75, 3.05) is 6.61 Å². The normalized spacial score (nSPS) is 21.2. The zero-order valence-electron chi connectivity index (χ0n) is 21.9. The van der Waals surface area contributed by atoms with Crippen molar-refractivity contribution >= 4 is 16.9 Å². The van der Waals surface area contributed by atoms with E-state index in [4.69, 9.17) is 14.7 Å². The van der Waals surface area contributed by atoms with E-state index >= 15 is 0 Å². The van der Waals surface area contributed by atoms with Crippen LogP contribution in [0.15, 0.2) is 55.1 Å². The molecule has 2 aliphatic rings. The number of rotatable bonds is 4. The fourth-order valence-electron chi connectivity index (χ4n) is 5.80. The molecule has 37 heavy (non-hydrogen) atoms. The summed E-state index contributed by atoms with van der Waals surface area (Å²) in [5.74, 6) is 0.164. The Hall–Kier alpha value is -3.49. The Morgan fingerprint density at radius 1 is 1.08 bits per heavy atom. The minimum Gasteiger partial charge on any atom is -0.507 e. The van der Waals surface area contributed by atoms with Gasteiger partial charge >= 0.3 is 0 Å². The van der Waals surface area contributed by atoms with E-state index < -0.39 is 0 Å². The van der Waals surface area contributed by atoms with Crippen LogP contribution in [0.1, 0.15) is 59.6 Å². The summed E-state index contributed by atoms with van der Waals surface area (Å²) in [7, 11) is 0. The molecule has 1 saturated heterocycles. The van der Waals surface area contributed by atoms with Gasteiger partial charge in [0.2, 0.25) is 0 Å². The summed E-state index contributed by atoms with van der Waals surface area (Å²) in [5.41, 5.74) is 5.80. The van der Waals surface area contributed by atoms with Gasteiger partial charge in [0.05, 0.1) is 18.1 Å². The van der Waals surface area contributed by atoms with E-state index in [1.165, 1.54) is 5.70 Å². The highest BCUT2D eigenvalue weighted by Gasteiger charge is 2.33. The van der Waals surface area contributed by atoms with Gasteiger partial charge in [-0.1, -0.05) is 6.07 Å². The molecule has 0 radical (unpaired) electrons. The second kappa shape index (κ2) is 8.82. The Bertz CT molecular complexity index is 1490. The van der Waals surface area contributed by atoms with Gasteiger partial charge in [-0.15, -0.1) is 0 Å². The third-order valence-electron chi connectivity index (χ3n) is 7.17. The first kappa shape index (κ1) is 23.9. The number of phenols is 1. The quantitative estimate of drug-likeness (QED) is 0.372. The van der Waals surface area contributed by atoms with E-state index in [0.717, 1.165) is 54.6 Å². The van der Waals surface area contributed by atoms with Gasteiger partial charge < -0.3 is 19.7 Å². The average molecular weight is 499 g/mol. The van der Waals surface area contributed by atoms with Gasteiger partial charge in [0, 0.05) is 53.3 Å². The topological polar surface area (TPSA) is 90.0 Å². The first-order valence-corrected chi connectivity index (χ1v) is 13.0. The predicted octanol–water partition coefficient (Wildman–Crippen LogP) is 5.76. The fraction of sp³-hybridized carbons (Fsp3) is 0.414. The largest absolute Gasteiger partial charge is 0.507 e. The summed E-state index contributed by atoms with van der Waals surface area (Å²) < 4.78 is 9.85. The van der Waals surface area contributed by atoms with E-state index in [9.17, 15) is 5.11 Å². The van der Waals surface area contributed by atoms with Gasteiger partial charge in [-0.2, -0.15) is 5.10 Å². The third-order valence-corrected chi connectivity index (χ3v) is 7.17. The Morgan fingerprint density at radius 2 is 1.95 bits per heavy atom. The van der Waals surface area contributed by atoms with Crippen molar-refractivity contribution in [2.24, 2.45) is 0 Å². The summed E-state index contributed by atoms with van der Waals surface area (Å²) in [4.78, 5) is 9.61. The van der Waals surface area contributed by atoms with Crippen molar-refractivity contribution in [1.29, 1.82) is 0 Å². The molecule has 8 nitrogen and oxygen atoms in total. The Balaban J connectivity index is 1.28. The van der Waals surface area contributed by atoms with Crippen molar-refractivity contribution in [3.63, 3.8) is 0 Å². The summed E-state index contributed by atoms with van der Waals surface area (Å²) in [5, 5.41) is 19.1. The molecule has 0 aliphatic carbocycles. The van der Waals surface area contributed by atoms with Crippen LogP contribution in [0.3, 0.4) is 0 Å². The van der Waals surface area contributed by atoms with Crippen molar-refractivity contribution in [1.82, 2.24) is 29.6 Å². The van der Waals surface area contributed by atoms with Gasteiger partial charge in [-0.3, -0.25) is 0 Å². The van der Waals surface area contributed by atoms with Crippen molar-refractivity contribution < 1.29 is 9.84 Å². The number of ether oxygens (including phenoxy) is 1. The Kier molecular flexibility index (Phi) is 5.69.